The summed E-state index contributed by atoms with van der Waals surface area (Å²) < 4.78 is 0. The Morgan fingerprint density at radius 1 is 1.11 bits per heavy atom. The van der Waals surface area contributed by atoms with Gasteiger partial charge in [-0.05, 0) is 83.5 Å². The molecule has 3 fully saturated rings. The van der Waals surface area contributed by atoms with Gasteiger partial charge in [0.15, 0.2) is 0 Å². The van der Waals surface area contributed by atoms with E-state index in [1.165, 1.54) is 45.3 Å². The molecule has 160 valence electrons. The third kappa shape index (κ3) is 6.08. The second kappa shape index (κ2) is 10.4. The third-order valence-electron chi connectivity index (χ3n) is 6.89. The average molecular weight is 395 g/mol. The van der Waals surface area contributed by atoms with Gasteiger partial charge in [0.25, 0.3) is 0 Å². The topological polar surface area (TPSA) is 76.1 Å². The number of hydrogen-bond acceptors (Lipinski definition) is 4. The van der Waals surface area contributed by atoms with Crippen molar-refractivity contribution < 1.29 is 14.7 Å². The summed E-state index contributed by atoms with van der Waals surface area (Å²) in [5.74, 6) is -0.00787. The van der Waals surface area contributed by atoms with Crippen molar-refractivity contribution in [2.24, 2.45) is 5.92 Å². The summed E-state index contributed by atoms with van der Waals surface area (Å²) >= 11 is 0. The summed E-state index contributed by atoms with van der Waals surface area (Å²) in [5.41, 5.74) is 0. The van der Waals surface area contributed by atoms with E-state index in [0.717, 1.165) is 51.2 Å². The number of piperidine rings is 1. The van der Waals surface area contributed by atoms with Gasteiger partial charge in [-0.1, -0.05) is 6.92 Å². The van der Waals surface area contributed by atoms with Crippen molar-refractivity contribution in [1.29, 1.82) is 0 Å². The number of carbonyl (C=O) groups excluding carboxylic acids is 1. The van der Waals surface area contributed by atoms with Crippen LogP contribution in [0, 0.1) is 5.92 Å². The first-order chi connectivity index (χ1) is 13.5. The Morgan fingerprint density at radius 3 is 2.39 bits per heavy atom. The Balaban J connectivity index is 1.27. The predicted molar refractivity (Wildman–Crippen MR) is 109 cm³/mol. The van der Waals surface area contributed by atoms with E-state index >= 15 is 0 Å². The highest BCUT2D eigenvalue weighted by Crippen LogP contribution is 2.27. The van der Waals surface area contributed by atoms with E-state index < -0.39 is 5.97 Å². The van der Waals surface area contributed by atoms with E-state index in [1.807, 2.05) is 16.7 Å². The normalized spacial score (nSPS) is 26.4. The van der Waals surface area contributed by atoms with Crippen LogP contribution in [0.25, 0.3) is 0 Å². The first-order valence-electron chi connectivity index (χ1n) is 11.3. The van der Waals surface area contributed by atoms with Crippen LogP contribution >= 0.6 is 0 Å². The largest absolute Gasteiger partial charge is 0.480 e. The number of hydrogen-bond donors (Lipinski definition) is 2. The molecule has 2 N–H and O–H groups in total. The van der Waals surface area contributed by atoms with Crippen LogP contribution < -0.4 is 5.32 Å². The van der Waals surface area contributed by atoms with Crippen molar-refractivity contribution in [3.63, 3.8) is 0 Å². The third-order valence-corrected chi connectivity index (χ3v) is 6.89. The highest BCUT2D eigenvalue weighted by Gasteiger charge is 2.35. The molecule has 2 heterocycles. The number of likely N-dealkylation sites (N-methyl/N-ethyl adjacent to an activating group) is 1. The molecule has 3 rings (SSSR count). The highest BCUT2D eigenvalue weighted by molar-refractivity contribution is 5.74. The lowest BCUT2D eigenvalue weighted by atomic mass is 9.85. The molecule has 0 unspecified atom stereocenters. The molecular weight excluding hydrogens is 356 g/mol. The van der Waals surface area contributed by atoms with Crippen LogP contribution in [0.3, 0.4) is 0 Å². The van der Waals surface area contributed by atoms with Gasteiger partial charge in [0, 0.05) is 25.2 Å². The minimum atomic E-state index is -0.780. The molecule has 0 aromatic carbocycles. The monoisotopic (exact) mass is 394 g/mol. The van der Waals surface area contributed by atoms with Crippen LogP contribution in [0.15, 0.2) is 0 Å². The van der Waals surface area contributed by atoms with Crippen LogP contribution in [-0.2, 0) is 4.79 Å². The van der Waals surface area contributed by atoms with Crippen LogP contribution in [-0.4, -0.2) is 89.7 Å². The maximum atomic E-state index is 12.5. The molecule has 3 aliphatic rings. The molecule has 1 saturated carbocycles. The van der Waals surface area contributed by atoms with Crippen molar-refractivity contribution in [3.8, 4) is 0 Å². The lowest BCUT2D eigenvalue weighted by Crippen LogP contribution is -2.57. The molecule has 2 aliphatic heterocycles. The van der Waals surface area contributed by atoms with Gasteiger partial charge in [-0.3, -0.25) is 9.69 Å². The number of urea groups is 1. The Bertz CT molecular complexity index is 510. The number of nitrogens with zero attached hydrogens (tertiary/aromatic N) is 3. The minimum Gasteiger partial charge on any atom is -0.480 e. The van der Waals surface area contributed by atoms with Gasteiger partial charge in [0.1, 0.15) is 0 Å². The van der Waals surface area contributed by atoms with Gasteiger partial charge in [-0.15, -0.1) is 0 Å². The second-order valence-electron chi connectivity index (χ2n) is 8.85. The van der Waals surface area contributed by atoms with E-state index in [0.29, 0.717) is 0 Å². The van der Waals surface area contributed by atoms with E-state index in [1.54, 1.807) is 0 Å². The number of carboxylic acid groups (broad SMARTS) is 1. The van der Waals surface area contributed by atoms with Crippen molar-refractivity contribution in [3.05, 3.63) is 0 Å². The zero-order chi connectivity index (χ0) is 19.9. The van der Waals surface area contributed by atoms with E-state index in [2.05, 4.69) is 10.2 Å². The molecule has 7 nitrogen and oxygen atoms in total. The maximum Gasteiger partial charge on any atom is 0.317 e. The molecule has 0 aromatic heterocycles. The molecule has 0 bridgehead atoms. The molecule has 0 aromatic rings. The molecular formula is C21H38N4O3. The minimum absolute atomic E-state index is 0.0697. The molecule has 0 radical (unpaired) electrons. The van der Waals surface area contributed by atoms with Crippen LogP contribution in [0.5, 0.6) is 0 Å². The van der Waals surface area contributed by atoms with E-state index in [9.17, 15) is 9.59 Å². The lowest BCUT2D eigenvalue weighted by molar-refractivity contribution is -0.139. The van der Waals surface area contributed by atoms with Crippen LogP contribution in [0.1, 0.15) is 58.3 Å². The predicted octanol–water partition coefficient (Wildman–Crippen LogP) is 2.22. The highest BCUT2D eigenvalue weighted by atomic mass is 16.4. The SMILES string of the molecule is CCN(CC(=O)O)C1CC(NC(=O)N2CCC(CCCN3CCCC3)CC2)C1. The Labute approximate surface area is 169 Å². The van der Waals surface area contributed by atoms with Crippen molar-refractivity contribution in [1.82, 2.24) is 20.0 Å². The van der Waals surface area contributed by atoms with Crippen molar-refractivity contribution in [2.75, 3.05) is 45.8 Å². The standard InChI is InChI=1S/C21H38N4O3/c1-2-24(16-20(26)27)19-14-18(15-19)22-21(28)25-12-7-17(8-13-25)6-5-11-23-9-3-4-10-23/h17-19H,2-16H2,1H3,(H,22,28)(H,26,27). The fourth-order valence-corrected chi connectivity index (χ4v) is 4.98. The lowest BCUT2D eigenvalue weighted by Gasteiger charge is -2.43. The molecule has 0 atom stereocenters. The summed E-state index contributed by atoms with van der Waals surface area (Å²) in [6, 6.07) is 0.548. The molecule has 1 aliphatic carbocycles. The number of carboxylic acids is 1. The Kier molecular flexibility index (Phi) is 7.97. The number of rotatable bonds is 9. The number of amides is 2. The van der Waals surface area contributed by atoms with Crippen molar-refractivity contribution >= 4 is 12.0 Å². The second-order valence-corrected chi connectivity index (χ2v) is 8.85. The molecule has 2 amide bonds. The zero-order valence-electron chi connectivity index (χ0n) is 17.4. The van der Waals surface area contributed by atoms with Gasteiger partial charge < -0.3 is 20.2 Å². The van der Waals surface area contributed by atoms with Crippen LogP contribution in [0.2, 0.25) is 0 Å². The number of nitrogens with one attached hydrogen (secondary N) is 1. The quantitative estimate of drug-likeness (QED) is 0.627. The first-order valence-corrected chi connectivity index (χ1v) is 11.3. The van der Waals surface area contributed by atoms with Crippen molar-refractivity contribution in [2.45, 2.75) is 70.4 Å². The van der Waals surface area contributed by atoms with E-state index in [4.69, 9.17) is 5.11 Å². The van der Waals surface area contributed by atoms with E-state index in [-0.39, 0.29) is 24.7 Å². The summed E-state index contributed by atoms with van der Waals surface area (Å²) in [4.78, 5) is 30.0. The van der Waals surface area contributed by atoms with Gasteiger partial charge in [-0.2, -0.15) is 0 Å². The smallest absolute Gasteiger partial charge is 0.317 e. The summed E-state index contributed by atoms with van der Waals surface area (Å²) in [5, 5.41) is 12.1. The molecule has 2 saturated heterocycles. The average Bonchev–Trinajstić information content (AvgIpc) is 3.16. The van der Waals surface area contributed by atoms with Gasteiger partial charge >= 0.3 is 12.0 Å². The van der Waals surface area contributed by atoms with Crippen LogP contribution in [0.4, 0.5) is 4.79 Å². The molecule has 0 spiro atoms. The fraction of sp³-hybridized carbons (Fsp3) is 0.905. The maximum absolute atomic E-state index is 12.5. The Morgan fingerprint density at radius 2 is 1.79 bits per heavy atom. The molecule has 28 heavy (non-hydrogen) atoms. The zero-order valence-corrected chi connectivity index (χ0v) is 17.4. The summed E-state index contributed by atoms with van der Waals surface area (Å²) in [7, 11) is 0. The Hall–Kier alpha value is -1.34. The number of aliphatic carboxylic acids is 1. The summed E-state index contributed by atoms with van der Waals surface area (Å²) in [6.45, 7) is 8.38. The van der Waals surface area contributed by atoms with Gasteiger partial charge in [0.05, 0.1) is 6.54 Å². The number of carbonyl (C=O) groups is 2. The first kappa shape index (κ1) is 21.4. The van der Waals surface area contributed by atoms with Gasteiger partial charge in [-0.25, -0.2) is 4.79 Å². The fourth-order valence-electron chi connectivity index (χ4n) is 4.98. The molecule has 7 heteroatoms. The van der Waals surface area contributed by atoms with Gasteiger partial charge in [0.2, 0.25) is 0 Å². The number of likely N-dealkylation sites (tertiary alicyclic amines) is 2. The summed E-state index contributed by atoms with van der Waals surface area (Å²) in [6.07, 6.45) is 9.30.